The van der Waals surface area contributed by atoms with Gasteiger partial charge < -0.3 is 10.5 Å². The van der Waals surface area contributed by atoms with Crippen LogP contribution >= 0.6 is 11.6 Å². The predicted octanol–water partition coefficient (Wildman–Crippen LogP) is 4.08. The molecular formula is C15H15ClFNO. The third-order valence-electron chi connectivity index (χ3n) is 2.81. The zero-order chi connectivity index (χ0) is 13.8. The van der Waals surface area contributed by atoms with Gasteiger partial charge in [0.05, 0.1) is 5.02 Å². The van der Waals surface area contributed by atoms with E-state index in [-0.39, 0.29) is 18.5 Å². The zero-order valence-corrected chi connectivity index (χ0v) is 11.3. The summed E-state index contributed by atoms with van der Waals surface area (Å²) < 4.78 is 18.7. The van der Waals surface area contributed by atoms with Gasteiger partial charge in [-0.15, -0.1) is 0 Å². The van der Waals surface area contributed by atoms with Crippen LogP contribution in [0, 0.1) is 5.82 Å². The first kappa shape index (κ1) is 13.8. The fourth-order valence-electron chi connectivity index (χ4n) is 1.78. The lowest BCUT2D eigenvalue weighted by molar-refractivity contribution is 0.301. The molecule has 0 aliphatic carbocycles. The van der Waals surface area contributed by atoms with Crippen molar-refractivity contribution < 1.29 is 9.13 Å². The van der Waals surface area contributed by atoms with Crippen LogP contribution in [-0.2, 0) is 6.61 Å². The highest BCUT2D eigenvalue weighted by Gasteiger charge is 2.08. The maximum atomic E-state index is 12.9. The van der Waals surface area contributed by atoms with Gasteiger partial charge >= 0.3 is 0 Å². The highest BCUT2D eigenvalue weighted by Crippen LogP contribution is 2.25. The Balaban J connectivity index is 2.14. The second-order valence-corrected chi connectivity index (χ2v) is 4.76. The summed E-state index contributed by atoms with van der Waals surface area (Å²) in [5.41, 5.74) is 7.55. The van der Waals surface area contributed by atoms with E-state index >= 15 is 0 Å². The number of benzene rings is 2. The summed E-state index contributed by atoms with van der Waals surface area (Å²) in [6.45, 7) is 2.18. The fraction of sp³-hybridized carbons (Fsp3) is 0.200. The number of nitrogens with two attached hydrogens (primary N) is 1. The van der Waals surface area contributed by atoms with Crippen LogP contribution in [-0.4, -0.2) is 0 Å². The molecule has 0 aliphatic rings. The number of hydrogen-bond donors (Lipinski definition) is 1. The summed E-state index contributed by atoms with van der Waals surface area (Å²) in [6.07, 6.45) is 0. The topological polar surface area (TPSA) is 35.2 Å². The van der Waals surface area contributed by atoms with Gasteiger partial charge in [-0.05, 0) is 25.1 Å². The van der Waals surface area contributed by atoms with Crippen molar-refractivity contribution in [2.45, 2.75) is 19.6 Å². The first-order chi connectivity index (χ1) is 9.08. The van der Waals surface area contributed by atoms with Gasteiger partial charge in [-0.1, -0.05) is 35.9 Å². The molecule has 2 rings (SSSR count). The van der Waals surface area contributed by atoms with Gasteiger partial charge in [0, 0.05) is 17.2 Å². The van der Waals surface area contributed by atoms with Crippen molar-refractivity contribution in [3.63, 3.8) is 0 Å². The molecular weight excluding hydrogens is 265 g/mol. The van der Waals surface area contributed by atoms with Crippen LogP contribution < -0.4 is 10.5 Å². The summed E-state index contributed by atoms with van der Waals surface area (Å²) in [5, 5.41) is 0.360. The first-order valence-corrected chi connectivity index (χ1v) is 6.37. The van der Waals surface area contributed by atoms with Crippen molar-refractivity contribution in [3.8, 4) is 5.75 Å². The van der Waals surface area contributed by atoms with E-state index in [2.05, 4.69) is 0 Å². The summed E-state index contributed by atoms with van der Waals surface area (Å²) in [6, 6.07) is 11.7. The fourth-order valence-corrected chi connectivity index (χ4v) is 2.00. The first-order valence-electron chi connectivity index (χ1n) is 5.99. The van der Waals surface area contributed by atoms with E-state index in [0.29, 0.717) is 5.02 Å². The Labute approximate surface area is 117 Å². The number of halogens is 2. The van der Waals surface area contributed by atoms with Crippen molar-refractivity contribution in [1.82, 2.24) is 0 Å². The molecule has 0 heterocycles. The number of rotatable bonds is 4. The van der Waals surface area contributed by atoms with Crippen molar-refractivity contribution >= 4 is 11.6 Å². The second kappa shape index (κ2) is 6.04. The molecule has 0 saturated heterocycles. The monoisotopic (exact) mass is 279 g/mol. The zero-order valence-electron chi connectivity index (χ0n) is 10.6. The van der Waals surface area contributed by atoms with Gasteiger partial charge in [0.1, 0.15) is 18.2 Å². The highest BCUT2D eigenvalue weighted by atomic mass is 35.5. The van der Waals surface area contributed by atoms with Gasteiger partial charge in [-0.2, -0.15) is 0 Å². The number of hydrogen-bond acceptors (Lipinski definition) is 2. The molecule has 0 spiro atoms. The van der Waals surface area contributed by atoms with Gasteiger partial charge in [0.2, 0.25) is 0 Å². The molecule has 4 heteroatoms. The summed E-state index contributed by atoms with van der Waals surface area (Å²) in [4.78, 5) is 0. The molecule has 0 amide bonds. The third kappa shape index (κ3) is 3.46. The van der Waals surface area contributed by atoms with E-state index in [9.17, 15) is 4.39 Å². The maximum Gasteiger partial charge on any atom is 0.124 e. The van der Waals surface area contributed by atoms with E-state index in [1.54, 1.807) is 6.07 Å². The van der Waals surface area contributed by atoms with E-state index in [1.807, 2.05) is 31.2 Å². The van der Waals surface area contributed by atoms with Gasteiger partial charge in [-0.25, -0.2) is 4.39 Å². The minimum atomic E-state index is -0.357. The average molecular weight is 280 g/mol. The lowest BCUT2D eigenvalue weighted by Crippen LogP contribution is -2.08. The predicted molar refractivity (Wildman–Crippen MR) is 74.8 cm³/mol. The lowest BCUT2D eigenvalue weighted by Gasteiger charge is -2.14. The second-order valence-electron chi connectivity index (χ2n) is 4.35. The van der Waals surface area contributed by atoms with Crippen molar-refractivity contribution in [3.05, 3.63) is 64.4 Å². The smallest absolute Gasteiger partial charge is 0.124 e. The molecule has 0 bridgehead atoms. The summed E-state index contributed by atoms with van der Waals surface area (Å²) >= 11 is 5.95. The summed E-state index contributed by atoms with van der Waals surface area (Å²) in [7, 11) is 0. The highest BCUT2D eigenvalue weighted by molar-refractivity contribution is 6.31. The van der Waals surface area contributed by atoms with E-state index in [1.165, 1.54) is 12.1 Å². The number of ether oxygens (including phenoxy) is 1. The Bertz CT molecular complexity index is 572. The summed E-state index contributed by atoms with van der Waals surface area (Å²) in [5.74, 6) is 0.364. The molecule has 0 saturated carbocycles. The number of para-hydroxylation sites is 1. The van der Waals surface area contributed by atoms with Crippen molar-refractivity contribution in [1.29, 1.82) is 0 Å². The van der Waals surface area contributed by atoms with Crippen LogP contribution in [0.3, 0.4) is 0 Å². The van der Waals surface area contributed by atoms with Crippen LogP contribution in [0.2, 0.25) is 5.02 Å². The van der Waals surface area contributed by atoms with Crippen LogP contribution in [0.1, 0.15) is 24.1 Å². The van der Waals surface area contributed by atoms with Crippen LogP contribution in [0.25, 0.3) is 0 Å². The Hall–Kier alpha value is -1.58. The quantitative estimate of drug-likeness (QED) is 0.915. The molecule has 0 aromatic heterocycles. The largest absolute Gasteiger partial charge is 0.489 e. The maximum absolute atomic E-state index is 12.9. The molecule has 2 aromatic rings. The molecule has 0 radical (unpaired) electrons. The molecule has 2 N–H and O–H groups in total. The lowest BCUT2D eigenvalue weighted by atomic mass is 10.1. The van der Waals surface area contributed by atoms with Crippen molar-refractivity contribution in [2.75, 3.05) is 0 Å². The molecule has 1 atom stereocenters. The molecule has 100 valence electrons. The SMILES string of the molecule is CC(N)c1ccccc1OCc1ccc(F)cc1Cl. The van der Waals surface area contributed by atoms with E-state index < -0.39 is 0 Å². The van der Waals surface area contributed by atoms with Gasteiger partial charge in [0.15, 0.2) is 0 Å². The van der Waals surface area contributed by atoms with Gasteiger partial charge in [0.25, 0.3) is 0 Å². The molecule has 2 aromatic carbocycles. The standard InChI is InChI=1S/C15H15ClFNO/c1-10(18)13-4-2-3-5-15(13)19-9-11-6-7-12(17)8-14(11)16/h2-8,10H,9,18H2,1H3. The van der Waals surface area contributed by atoms with Crippen LogP contribution in [0.5, 0.6) is 5.75 Å². The third-order valence-corrected chi connectivity index (χ3v) is 3.16. The Morgan fingerprint density at radius 2 is 2.00 bits per heavy atom. The molecule has 1 unspecified atom stereocenters. The minimum absolute atomic E-state index is 0.111. The Kier molecular flexibility index (Phi) is 4.40. The molecule has 2 nitrogen and oxygen atoms in total. The minimum Gasteiger partial charge on any atom is -0.489 e. The average Bonchev–Trinajstić information content (AvgIpc) is 2.38. The van der Waals surface area contributed by atoms with E-state index in [4.69, 9.17) is 22.1 Å². The van der Waals surface area contributed by atoms with Crippen LogP contribution in [0.4, 0.5) is 4.39 Å². The van der Waals surface area contributed by atoms with Gasteiger partial charge in [-0.3, -0.25) is 0 Å². The van der Waals surface area contributed by atoms with Crippen LogP contribution in [0.15, 0.2) is 42.5 Å². The van der Waals surface area contributed by atoms with Crippen molar-refractivity contribution in [2.24, 2.45) is 5.73 Å². The molecule has 0 aliphatic heterocycles. The Morgan fingerprint density at radius 3 is 2.68 bits per heavy atom. The molecule has 19 heavy (non-hydrogen) atoms. The molecule has 0 fully saturated rings. The Morgan fingerprint density at radius 1 is 1.26 bits per heavy atom. The normalized spacial score (nSPS) is 12.2. The van der Waals surface area contributed by atoms with E-state index in [0.717, 1.165) is 16.9 Å².